The predicted octanol–water partition coefficient (Wildman–Crippen LogP) is 4.91. The van der Waals surface area contributed by atoms with E-state index in [2.05, 4.69) is 70.5 Å². The molecule has 7 nitrogen and oxygen atoms in total. The van der Waals surface area contributed by atoms with Crippen molar-refractivity contribution >= 4 is 23.1 Å². The summed E-state index contributed by atoms with van der Waals surface area (Å²) in [6.45, 7) is 9.64. The maximum absolute atomic E-state index is 12.5. The molecule has 0 bridgehead atoms. The van der Waals surface area contributed by atoms with Crippen molar-refractivity contribution in [3.63, 3.8) is 0 Å². The molecule has 0 radical (unpaired) electrons. The first kappa shape index (κ1) is 24.3. The summed E-state index contributed by atoms with van der Waals surface area (Å²) in [7, 11) is 1.94. The summed E-state index contributed by atoms with van der Waals surface area (Å²) in [5.41, 5.74) is 6.48. The van der Waals surface area contributed by atoms with E-state index in [0.29, 0.717) is 12.6 Å². The molecule has 2 aliphatic heterocycles. The lowest BCUT2D eigenvalue weighted by atomic mass is 9.90. The number of nitrogens with zero attached hydrogens (tertiary/aromatic N) is 4. The number of carbonyl (C=O) groups excluding carboxylic acids is 1. The van der Waals surface area contributed by atoms with Gasteiger partial charge in [-0.15, -0.1) is 0 Å². The van der Waals surface area contributed by atoms with Crippen molar-refractivity contribution in [3.8, 4) is 11.1 Å². The quantitative estimate of drug-likeness (QED) is 0.548. The van der Waals surface area contributed by atoms with E-state index >= 15 is 0 Å². The predicted molar refractivity (Wildman–Crippen MR) is 146 cm³/mol. The molecule has 0 aliphatic carbocycles. The van der Waals surface area contributed by atoms with Crippen molar-refractivity contribution < 1.29 is 4.79 Å². The average Bonchev–Trinajstić information content (AvgIpc) is 3.06. The minimum absolute atomic E-state index is 0.0156. The van der Waals surface area contributed by atoms with Crippen LogP contribution in [0.2, 0.25) is 0 Å². The lowest BCUT2D eigenvalue weighted by molar-refractivity contribution is -0.117. The number of piperidine rings is 1. The van der Waals surface area contributed by atoms with Crippen LogP contribution < -0.4 is 15.5 Å². The smallest absolute Gasteiger partial charge is 0.238 e. The highest BCUT2D eigenvalue weighted by Gasteiger charge is 2.29. The molecular weight excluding hydrogens is 448 g/mol. The summed E-state index contributed by atoms with van der Waals surface area (Å²) in [6.07, 6.45) is 5.84. The molecule has 0 unspecified atom stereocenters. The fourth-order valence-corrected chi connectivity index (χ4v) is 5.21. The molecule has 2 aliphatic rings. The molecule has 1 aromatic carbocycles. The van der Waals surface area contributed by atoms with E-state index in [1.165, 1.54) is 5.56 Å². The maximum atomic E-state index is 12.5. The topological polar surface area (TPSA) is 73.4 Å². The maximum Gasteiger partial charge on any atom is 0.238 e. The Hall–Kier alpha value is -3.45. The molecule has 36 heavy (non-hydrogen) atoms. The third-order valence-corrected chi connectivity index (χ3v) is 7.31. The third-order valence-electron chi connectivity index (χ3n) is 7.31. The molecule has 2 N–H and O–H groups in total. The highest BCUT2D eigenvalue weighted by Crippen LogP contribution is 2.34. The van der Waals surface area contributed by atoms with Gasteiger partial charge in [0.15, 0.2) is 0 Å². The van der Waals surface area contributed by atoms with Crippen LogP contribution in [0.4, 0.5) is 17.2 Å². The second-order valence-corrected chi connectivity index (χ2v) is 10.8. The Labute approximate surface area is 213 Å². The van der Waals surface area contributed by atoms with Gasteiger partial charge < -0.3 is 15.5 Å². The van der Waals surface area contributed by atoms with E-state index in [4.69, 9.17) is 4.98 Å². The number of rotatable bonds is 4. The van der Waals surface area contributed by atoms with Crippen molar-refractivity contribution in [2.45, 2.75) is 51.6 Å². The molecule has 0 saturated carbocycles. The molecular formula is C29H36N6O. The van der Waals surface area contributed by atoms with E-state index in [9.17, 15) is 4.79 Å². The largest absolute Gasteiger partial charge is 0.386 e. The fraction of sp³-hybridized carbons (Fsp3) is 0.414. The second kappa shape index (κ2) is 9.90. The van der Waals surface area contributed by atoms with Crippen LogP contribution in [0.15, 0.2) is 54.9 Å². The van der Waals surface area contributed by atoms with Crippen LogP contribution in [0.3, 0.4) is 0 Å². The van der Waals surface area contributed by atoms with E-state index in [1.54, 1.807) is 0 Å². The number of fused-ring (bicyclic) bond motifs is 1. The number of anilines is 3. The van der Waals surface area contributed by atoms with Gasteiger partial charge in [-0.05, 0) is 48.2 Å². The Morgan fingerprint density at radius 2 is 1.81 bits per heavy atom. The highest BCUT2D eigenvalue weighted by atomic mass is 16.2. The van der Waals surface area contributed by atoms with E-state index in [1.807, 2.05) is 37.6 Å². The van der Waals surface area contributed by atoms with Gasteiger partial charge in [0.2, 0.25) is 5.91 Å². The summed E-state index contributed by atoms with van der Waals surface area (Å²) in [6, 6.07) is 15.0. The number of amides is 1. The van der Waals surface area contributed by atoms with Gasteiger partial charge in [0.1, 0.15) is 5.82 Å². The number of carbonyl (C=O) groups is 1. The van der Waals surface area contributed by atoms with E-state index < -0.39 is 0 Å². The standard InChI is InChI=1S/C29H36N6O/c1-29(2,3)26-15-20(9-12-31-26)23-16-27(32-17-25(23)30-4)34-13-10-22(11-14-34)35-18-21-7-5-6-8-24(21)33-28(36)19-35/h5-9,12,15-17,22,30H,10-11,13-14,18-19H2,1-4H3,(H,33,36). The van der Waals surface area contributed by atoms with Crippen LogP contribution in [0.5, 0.6) is 0 Å². The number of benzene rings is 1. The van der Waals surface area contributed by atoms with E-state index in [-0.39, 0.29) is 11.3 Å². The van der Waals surface area contributed by atoms with Crippen LogP contribution in [0.1, 0.15) is 44.9 Å². The van der Waals surface area contributed by atoms with E-state index in [0.717, 1.165) is 66.5 Å². The van der Waals surface area contributed by atoms with Gasteiger partial charge in [0, 0.05) is 61.3 Å². The number of nitrogens with one attached hydrogen (secondary N) is 2. The summed E-state index contributed by atoms with van der Waals surface area (Å²) < 4.78 is 0. The van der Waals surface area contributed by atoms with Gasteiger partial charge in [-0.25, -0.2) is 4.98 Å². The number of aromatic nitrogens is 2. The van der Waals surface area contributed by atoms with Crippen molar-refractivity contribution in [3.05, 3.63) is 66.1 Å². The lowest BCUT2D eigenvalue weighted by Crippen LogP contribution is -2.46. The van der Waals surface area contributed by atoms with Crippen molar-refractivity contribution in [2.75, 3.05) is 42.2 Å². The normalized spacial score (nSPS) is 17.3. The van der Waals surface area contributed by atoms with Gasteiger partial charge in [0.05, 0.1) is 18.4 Å². The summed E-state index contributed by atoms with van der Waals surface area (Å²) >= 11 is 0. The Balaban J connectivity index is 1.33. The molecule has 1 amide bonds. The average molecular weight is 485 g/mol. The van der Waals surface area contributed by atoms with Gasteiger partial charge in [0.25, 0.3) is 0 Å². The molecule has 0 atom stereocenters. The highest BCUT2D eigenvalue weighted by molar-refractivity contribution is 5.93. The molecule has 3 aromatic rings. The molecule has 2 aromatic heterocycles. The zero-order chi connectivity index (χ0) is 25.3. The van der Waals surface area contributed by atoms with Crippen molar-refractivity contribution in [2.24, 2.45) is 0 Å². The van der Waals surface area contributed by atoms with Gasteiger partial charge in [-0.2, -0.15) is 0 Å². The molecule has 188 valence electrons. The number of hydrogen-bond acceptors (Lipinski definition) is 6. The zero-order valence-electron chi connectivity index (χ0n) is 21.7. The number of pyridine rings is 2. The van der Waals surface area contributed by atoms with Crippen LogP contribution in [0.25, 0.3) is 11.1 Å². The number of para-hydroxylation sites is 1. The molecule has 0 spiro atoms. The monoisotopic (exact) mass is 484 g/mol. The minimum atomic E-state index is -0.0156. The first-order chi connectivity index (χ1) is 17.3. The molecule has 5 rings (SSSR count). The zero-order valence-corrected chi connectivity index (χ0v) is 21.7. The molecule has 7 heteroatoms. The summed E-state index contributed by atoms with van der Waals surface area (Å²) in [4.78, 5) is 26.6. The van der Waals surface area contributed by atoms with Gasteiger partial charge in [-0.3, -0.25) is 14.7 Å². The Morgan fingerprint density at radius 3 is 2.56 bits per heavy atom. The first-order valence-electron chi connectivity index (χ1n) is 12.8. The first-order valence-corrected chi connectivity index (χ1v) is 12.8. The Morgan fingerprint density at radius 1 is 1.03 bits per heavy atom. The van der Waals surface area contributed by atoms with Crippen LogP contribution >= 0.6 is 0 Å². The third kappa shape index (κ3) is 5.07. The summed E-state index contributed by atoms with van der Waals surface area (Å²) in [5.74, 6) is 1.07. The SMILES string of the molecule is CNc1cnc(N2CCC(N3CC(=O)Nc4ccccc4C3)CC2)cc1-c1ccnc(C(C)(C)C)c1. The van der Waals surface area contributed by atoms with Crippen LogP contribution in [-0.2, 0) is 16.8 Å². The molecule has 4 heterocycles. The van der Waals surface area contributed by atoms with Crippen LogP contribution in [0, 0.1) is 0 Å². The number of hydrogen-bond donors (Lipinski definition) is 2. The van der Waals surface area contributed by atoms with Crippen molar-refractivity contribution in [1.82, 2.24) is 14.9 Å². The molecule has 1 fully saturated rings. The second-order valence-electron chi connectivity index (χ2n) is 10.8. The van der Waals surface area contributed by atoms with Gasteiger partial charge in [-0.1, -0.05) is 39.0 Å². The fourth-order valence-electron chi connectivity index (χ4n) is 5.21. The van der Waals surface area contributed by atoms with Crippen molar-refractivity contribution in [1.29, 1.82) is 0 Å². The Bertz CT molecular complexity index is 1240. The summed E-state index contributed by atoms with van der Waals surface area (Å²) in [5, 5.41) is 6.37. The lowest BCUT2D eigenvalue weighted by Gasteiger charge is -2.38. The molecule has 1 saturated heterocycles. The minimum Gasteiger partial charge on any atom is -0.386 e. The van der Waals surface area contributed by atoms with Crippen LogP contribution in [-0.4, -0.2) is 53.5 Å². The van der Waals surface area contributed by atoms with Gasteiger partial charge >= 0.3 is 0 Å². The Kier molecular flexibility index (Phi) is 6.67.